The normalized spacial score (nSPS) is 12.6. The fourth-order valence-corrected chi connectivity index (χ4v) is 4.10. The van der Waals surface area contributed by atoms with Gasteiger partial charge in [-0.15, -0.1) is 22.7 Å². The Morgan fingerprint density at radius 3 is 2.86 bits per heavy atom. The molecule has 22 heavy (non-hydrogen) atoms. The summed E-state index contributed by atoms with van der Waals surface area (Å²) < 4.78 is 1.18. The zero-order chi connectivity index (χ0) is 15.5. The SMILES string of the molecule is NC(=O)c1csc(CNCC(O)c2cc3ccccc3s2)c1. The molecule has 0 aliphatic carbocycles. The molecule has 3 rings (SSSR count). The number of aliphatic hydroxyl groups is 1. The molecule has 2 heterocycles. The molecule has 0 aliphatic heterocycles. The maximum absolute atomic E-state index is 11.0. The number of hydrogen-bond donors (Lipinski definition) is 3. The summed E-state index contributed by atoms with van der Waals surface area (Å²) in [4.78, 5) is 13.0. The van der Waals surface area contributed by atoms with E-state index in [1.54, 1.807) is 22.8 Å². The zero-order valence-electron chi connectivity index (χ0n) is 11.8. The Kier molecular flexibility index (Phi) is 4.54. The van der Waals surface area contributed by atoms with Crippen LogP contribution in [0, 0.1) is 0 Å². The van der Waals surface area contributed by atoms with E-state index in [4.69, 9.17) is 5.73 Å². The smallest absolute Gasteiger partial charge is 0.249 e. The van der Waals surface area contributed by atoms with E-state index in [1.165, 1.54) is 16.0 Å². The van der Waals surface area contributed by atoms with Crippen molar-refractivity contribution in [3.8, 4) is 0 Å². The van der Waals surface area contributed by atoms with Gasteiger partial charge in [0, 0.05) is 32.9 Å². The number of primary amides is 1. The summed E-state index contributed by atoms with van der Waals surface area (Å²) in [6, 6.07) is 11.9. The van der Waals surface area contributed by atoms with Crippen LogP contribution in [0.1, 0.15) is 26.2 Å². The lowest BCUT2D eigenvalue weighted by Gasteiger charge is -2.09. The Morgan fingerprint density at radius 1 is 1.32 bits per heavy atom. The third-order valence-corrected chi connectivity index (χ3v) is 5.50. The van der Waals surface area contributed by atoms with Crippen LogP contribution in [0.15, 0.2) is 41.8 Å². The van der Waals surface area contributed by atoms with Crippen molar-refractivity contribution in [1.82, 2.24) is 5.32 Å². The molecule has 0 radical (unpaired) electrons. The highest BCUT2D eigenvalue weighted by atomic mass is 32.1. The topological polar surface area (TPSA) is 75.4 Å². The zero-order valence-corrected chi connectivity index (χ0v) is 13.4. The molecule has 0 fully saturated rings. The molecule has 114 valence electrons. The second-order valence-corrected chi connectivity index (χ2v) is 7.11. The number of fused-ring (bicyclic) bond motifs is 1. The van der Waals surface area contributed by atoms with Gasteiger partial charge in [0.2, 0.25) is 5.91 Å². The lowest BCUT2D eigenvalue weighted by atomic mass is 10.2. The third-order valence-electron chi connectivity index (χ3n) is 3.35. The summed E-state index contributed by atoms with van der Waals surface area (Å²) >= 11 is 3.10. The Hall–Kier alpha value is -1.73. The average Bonchev–Trinajstić information content (AvgIpc) is 3.13. The molecule has 0 aliphatic rings. The van der Waals surface area contributed by atoms with Gasteiger partial charge in [-0.05, 0) is 23.6 Å². The van der Waals surface area contributed by atoms with E-state index in [-0.39, 0.29) is 0 Å². The van der Waals surface area contributed by atoms with E-state index in [0.29, 0.717) is 18.7 Å². The number of thiophene rings is 2. The quantitative estimate of drug-likeness (QED) is 0.650. The summed E-state index contributed by atoms with van der Waals surface area (Å²) in [6.45, 7) is 1.08. The van der Waals surface area contributed by atoms with E-state index in [2.05, 4.69) is 11.4 Å². The van der Waals surface area contributed by atoms with Crippen LogP contribution < -0.4 is 11.1 Å². The lowest BCUT2D eigenvalue weighted by molar-refractivity contribution is 0.100. The molecular formula is C16H16N2O2S2. The molecule has 0 saturated carbocycles. The van der Waals surface area contributed by atoms with Gasteiger partial charge in [-0.1, -0.05) is 18.2 Å². The highest BCUT2D eigenvalue weighted by molar-refractivity contribution is 7.19. The fourth-order valence-electron chi connectivity index (χ4n) is 2.20. The second-order valence-electron chi connectivity index (χ2n) is 5.00. The molecule has 6 heteroatoms. The van der Waals surface area contributed by atoms with Crippen molar-refractivity contribution in [2.75, 3.05) is 6.54 Å². The number of rotatable bonds is 6. The van der Waals surface area contributed by atoms with Gasteiger partial charge in [0.05, 0.1) is 5.56 Å². The largest absolute Gasteiger partial charge is 0.386 e. The molecular weight excluding hydrogens is 316 g/mol. The van der Waals surface area contributed by atoms with Gasteiger partial charge in [0.15, 0.2) is 0 Å². The minimum Gasteiger partial charge on any atom is -0.386 e. The van der Waals surface area contributed by atoms with Crippen LogP contribution in [-0.2, 0) is 6.54 Å². The Balaban J connectivity index is 1.57. The van der Waals surface area contributed by atoms with Crippen molar-refractivity contribution in [1.29, 1.82) is 0 Å². The highest BCUT2D eigenvalue weighted by Crippen LogP contribution is 2.29. The van der Waals surface area contributed by atoms with Crippen LogP contribution in [0.3, 0.4) is 0 Å². The summed E-state index contributed by atoms with van der Waals surface area (Å²) in [5.41, 5.74) is 5.76. The maximum atomic E-state index is 11.0. The second kappa shape index (κ2) is 6.58. The van der Waals surface area contributed by atoms with E-state index < -0.39 is 12.0 Å². The Bertz CT molecular complexity index is 761. The van der Waals surface area contributed by atoms with Crippen molar-refractivity contribution in [2.45, 2.75) is 12.6 Å². The van der Waals surface area contributed by atoms with Gasteiger partial charge < -0.3 is 16.2 Å². The number of aliphatic hydroxyl groups excluding tert-OH is 1. The van der Waals surface area contributed by atoms with Crippen LogP contribution in [0.5, 0.6) is 0 Å². The molecule has 1 amide bonds. The first-order chi connectivity index (χ1) is 10.6. The van der Waals surface area contributed by atoms with E-state index >= 15 is 0 Å². The molecule has 0 saturated heterocycles. The first-order valence-corrected chi connectivity index (χ1v) is 8.57. The predicted molar refractivity (Wildman–Crippen MR) is 91.3 cm³/mol. The molecule has 0 bridgehead atoms. The Morgan fingerprint density at radius 2 is 2.14 bits per heavy atom. The number of carbonyl (C=O) groups is 1. The Labute approximate surface area is 136 Å². The van der Waals surface area contributed by atoms with Crippen LogP contribution in [0.4, 0.5) is 0 Å². The summed E-state index contributed by atoms with van der Waals surface area (Å²) in [5.74, 6) is -0.409. The van der Waals surface area contributed by atoms with Crippen LogP contribution in [0.25, 0.3) is 10.1 Å². The summed E-state index contributed by atoms with van der Waals surface area (Å²) in [6.07, 6.45) is -0.534. The number of benzene rings is 1. The van der Waals surface area contributed by atoms with Crippen LogP contribution in [-0.4, -0.2) is 17.6 Å². The van der Waals surface area contributed by atoms with E-state index in [9.17, 15) is 9.90 Å². The molecule has 4 nitrogen and oxygen atoms in total. The number of amides is 1. The summed E-state index contributed by atoms with van der Waals surface area (Å²) in [5, 5.41) is 16.4. The highest BCUT2D eigenvalue weighted by Gasteiger charge is 2.11. The predicted octanol–water partition coefficient (Wildman–Crippen LogP) is 2.88. The number of nitrogens with two attached hydrogens (primary N) is 1. The summed E-state index contributed by atoms with van der Waals surface area (Å²) in [7, 11) is 0. The van der Waals surface area contributed by atoms with E-state index in [0.717, 1.165) is 15.1 Å². The first kappa shape index (κ1) is 15.2. The molecule has 1 atom stereocenters. The van der Waals surface area contributed by atoms with Crippen molar-refractivity contribution in [3.63, 3.8) is 0 Å². The van der Waals surface area contributed by atoms with Crippen LogP contribution >= 0.6 is 22.7 Å². The van der Waals surface area contributed by atoms with Gasteiger partial charge >= 0.3 is 0 Å². The number of nitrogens with one attached hydrogen (secondary N) is 1. The fraction of sp³-hybridized carbons (Fsp3) is 0.188. The van der Waals surface area contributed by atoms with Crippen LogP contribution in [0.2, 0.25) is 0 Å². The minimum absolute atomic E-state index is 0.409. The van der Waals surface area contributed by atoms with Gasteiger partial charge in [-0.25, -0.2) is 0 Å². The van der Waals surface area contributed by atoms with Crippen molar-refractivity contribution in [3.05, 3.63) is 57.1 Å². The van der Waals surface area contributed by atoms with Gasteiger partial charge in [0.25, 0.3) is 0 Å². The monoisotopic (exact) mass is 332 g/mol. The van der Waals surface area contributed by atoms with Crippen molar-refractivity contribution < 1.29 is 9.90 Å². The lowest BCUT2D eigenvalue weighted by Crippen LogP contribution is -2.20. The van der Waals surface area contributed by atoms with Gasteiger partial charge in [-0.3, -0.25) is 4.79 Å². The van der Waals surface area contributed by atoms with Crippen molar-refractivity contribution >= 4 is 38.7 Å². The first-order valence-electron chi connectivity index (χ1n) is 6.88. The molecule has 2 aromatic heterocycles. The van der Waals surface area contributed by atoms with Gasteiger partial charge in [-0.2, -0.15) is 0 Å². The third kappa shape index (κ3) is 3.36. The molecule has 1 aromatic carbocycles. The molecule has 1 unspecified atom stereocenters. The standard InChI is InChI=1S/C16H16N2O2S2/c17-16(20)11-5-12(21-9-11)7-18-8-13(19)15-6-10-3-1-2-4-14(10)22-15/h1-6,9,13,18-19H,7-8H2,(H2,17,20). The van der Waals surface area contributed by atoms with Gasteiger partial charge in [0.1, 0.15) is 6.10 Å². The molecule has 4 N–H and O–H groups in total. The molecule has 3 aromatic rings. The van der Waals surface area contributed by atoms with E-state index in [1.807, 2.05) is 24.3 Å². The number of hydrogen-bond acceptors (Lipinski definition) is 5. The number of carbonyl (C=O) groups excluding carboxylic acids is 1. The maximum Gasteiger partial charge on any atom is 0.249 e. The van der Waals surface area contributed by atoms with Crippen molar-refractivity contribution in [2.24, 2.45) is 5.73 Å². The molecule has 0 spiro atoms. The average molecular weight is 332 g/mol. The minimum atomic E-state index is -0.534.